The van der Waals surface area contributed by atoms with E-state index in [9.17, 15) is 24.0 Å². The van der Waals surface area contributed by atoms with Gasteiger partial charge in [0.2, 0.25) is 11.7 Å². The predicted molar refractivity (Wildman–Crippen MR) is 223 cm³/mol. The van der Waals surface area contributed by atoms with E-state index in [1.54, 1.807) is 72.0 Å². The van der Waals surface area contributed by atoms with Crippen molar-refractivity contribution >= 4 is 58.6 Å². The van der Waals surface area contributed by atoms with E-state index in [-0.39, 0.29) is 54.1 Å². The number of carbonyl (C=O) groups excluding carboxylic acids is 5. The molecule has 5 N–H and O–H groups in total. The molecule has 1 atom stereocenters. The number of amides is 5. The molecular weight excluding hydrogens is 759 g/mol. The summed E-state index contributed by atoms with van der Waals surface area (Å²) in [6.07, 6.45) is 8.44. The monoisotopic (exact) mass is 809 g/mol. The zero-order valence-corrected chi connectivity index (χ0v) is 34.2. The predicted octanol–water partition coefficient (Wildman–Crippen LogP) is 4.01. The van der Waals surface area contributed by atoms with Gasteiger partial charge in [-0.25, -0.2) is 4.98 Å². The number of aromatic nitrogens is 4. The first kappa shape index (κ1) is 41.9. The van der Waals surface area contributed by atoms with Gasteiger partial charge in [-0.2, -0.15) is 0 Å². The van der Waals surface area contributed by atoms with Gasteiger partial charge in [0.15, 0.2) is 17.3 Å². The average Bonchev–Trinajstić information content (AvgIpc) is 3.94. The van der Waals surface area contributed by atoms with Crippen molar-refractivity contribution < 1.29 is 33.4 Å². The van der Waals surface area contributed by atoms with Gasteiger partial charge in [0.1, 0.15) is 11.4 Å². The van der Waals surface area contributed by atoms with Crippen LogP contribution in [0, 0.1) is 0 Å². The maximum absolute atomic E-state index is 13.2. The summed E-state index contributed by atoms with van der Waals surface area (Å²) in [7, 11) is 6.51. The van der Waals surface area contributed by atoms with Crippen molar-refractivity contribution in [3.05, 3.63) is 77.8 Å². The van der Waals surface area contributed by atoms with Crippen LogP contribution in [0.3, 0.4) is 0 Å². The fourth-order valence-corrected chi connectivity index (χ4v) is 6.83. The van der Waals surface area contributed by atoms with Crippen LogP contribution in [-0.4, -0.2) is 105 Å². The first-order chi connectivity index (χ1) is 28.2. The lowest BCUT2D eigenvalue weighted by atomic mass is 10.1. The molecule has 2 aliphatic heterocycles. The van der Waals surface area contributed by atoms with E-state index in [1.165, 1.54) is 23.9 Å². The van der Waals surface area contributed by atoms with Crippen molar-refractivity contribution in [2.24, 2.45) is 26.1 Å². The SMILES string of the molecule is C=C1C[C@H]2C=Nc3cc(OCCCC(=O)Nc4cn(C)c(C(=O)Nc5cc(C(=O)Nc6cc(C(=O)NCCCNC(C)C)n(C)c6)n(C)c5)n4)c(OC)cc3C(=O)N2C1. The van der Waals surface area contributed by atoms with Crippen LogP contribution >= 0.6 is 0 Å². The fraction of sp³-hybridized carbons (Fsp3) is 0.390. The van der Waals surface area contributed by atoms with Crippen molar-refractivity contribution in [1.82, 2.24) is 34.2 Å². The largest absolute Gasteiger partial charge is 0.493 e. The quantitative estimate of drug-likeness (QED) is 0.0771. The first-order valence-corrected chi connectivity index (χ1v) is 19.4. The Hall–Kier alpha value is -6.69. The standard InChI is InChI=1S/C41H51N11O7/c1-24(2)42-11-9-12-43-38(54)31-15-26(21-49(31)4)45-39(55)32-16-27(22-50(32)5)46-40(56)37-48-35(23-51(37)6)47-36(53)10-8-13-59-34-18-30-29(17-33(34)58-7)41(57)52-20-25(3)14-28(52)19-44-30/h15-19,21-24,28,42H,3,8-14,20H2,1-2,4-7H3,(H,43,54)(H,45,55)(H,46,56)(H,47,53)/t28-/m0/s1. The van der Waals surface area contributed by atoms with Gasteiger partial charge in [0, 0.05) is 77.6 Å². The van der Waals surface area contributed by atoms with E-state index in [1.807, 2.05) is 0 Å². The molecule has 18 nitrogen and oxygen atoms in total. The molecular formula is C41H51N11O7. The molecule has 312 valence electrons. The van der Waals surface area contributed by atoms with Crippen LogP contribution in [0.15, 0.2) is 60.0 Å². The second kappa shape index (κ2) is 18.3. The molecule has 5 heterocycles. The molecule has 59 heavy (non-hydrogen) atoms. The Kier molecular flexibility index (Phi) is 13.0. The number of aliphatic imine (C=N–C) groups is 1. The number of hydrogen-bond acceptors (Lipinski definition) is 10. The first-order valence-electron chi connectivity index (χ1n) is 19.4. The molecule has 1 saturated heterocycles. The smallest absolute Gasteiger partial charge is 0.291 e. The Bertz CT molecular complexity index is 2300. The Labute approximate surface area is 342 Å². The highest BCUT2D eigenvalue weighted by atomic mass is 16.5. The molecule has 2 aliphatic rings. The van der Waals surface area contributed by atoms with Crippen LogP contribution < -0.4 is 36.1 Å². The summed E-state index contributed by atoms with van der Waals surface area (Å²) in [5.41, 5.74) is 3.35. The number of fused-ring (bicyclic) bond motifs is 2. The normalized spacial score (nSPS) is 14.5. The third kappa shape index (κ3) is 10.1. The number of aryl methyl sites for hydroxylation is 3. The minimum absolute atomic E-state index is 0.0339. The van der Waals surface area contributed by atoms with Crippen LogP contribution in [0.25, 0.3) is 0 Å². The highest BCUT2D eigenvalue weighted by Crippen LogP contribution is 2.38. The van der Waals surface area contributed by atoms with Crippen LogP contribution in [0.2, 0.25) is 0 Å². The van der Waals surface area contributed by atoms with Gasteiger partial charge >= 0.3 is 0 Å². The number of carbonyl (C=O) groups is 5. The number of benzene rings is 1. The molecule has 0 spiro atoms. The van der Waals surface area contributed by atoms with Crippen LogP contribution in [0.4, 0.5) is 22.9 Å². The second-order valence-electron chi connectivity index (χ2n) is 14.9. The maximum atomic E-state index is 13.2. The van der Waals surface area contributed by atoms with Gasteiger partial charge in [0.05, 0.1) is 42.4 Å². The minimum Gasteiger partial charge on any atom is -0.493 e. The zero-order valence-electron chi connectivity index (χ0n) is 34.2. The lowest BCUT2D eigenvalue weighted by Gasteiger charge is -2.20. The molecule has 3 aromatic heterocycles. The molecule has 5 amide bonds. The zero-order chi connectivity index (χ0) is 42.4. The lowest BCUT2D eigenvalue weighted by Crippen LogP contribution is -2.35. The summed E-state index contributed by atoms with van der Waals surface area (Å²) in [4.78, 5) is 75.8. The van der Waals surface area contributed by atoms with Gasteiger partial charge in [-0.3, -0.25) is 29.0 Å². The maximum Gasteiger partial charge on any atom is 0.291 e. The van der Waals surface area contributed by atoms with E-state index >= 15 is 0 Å². The van der Waals surface area contributed by atoms with Crippen molar-refractivity contribution in [3.63, 3.8) is 0 Å². The molecule has 1 aromatic carbocycles. The van der Waals surface area contributed by atoms with Crippen molar-refractivity contribution in [1.29, 1.82) is 0 Å². The summed E-state index contributed by atoms with van der Waals surface area (Å²) >= 11 is 0. The van der Waals surface area contributed by atoms with Gasteiger partial charge < -0.3 is 54.7 Å². The van der Waals surface area contributed by atoms with Crippen molar-refractivity contribution in [3.8, 4) is 11.5 Å². The number of imidazole rings is 1. The third-order valence-corrected chi connectivity index (χ3v) is 9.79. The Morgan fingerprint density at radius 1 is 0.864 bits per heavy atom. The summed E-state index contributed by atoms with van der Waals surface area (Å²) in [6, 6.07) is 6.67. The minimum atomic E-state index is -0.552. The molecule has 0 radical (unpaired) electrons. The van der Waals surface area contributed by atoms with Gasteiger partial charge in [-0.1, -0.05) is 26.0 Å². The molecule has 0 aliphatic carbocycles. The highest BCUT2D eigenvalue weighted by molar-refractivity contribution is 6.07. The molecule has 0 unspecified atom stereocenters. The molecule has 4 aromatic rings. The van der Waals surface area contributed by atoms with Gasteiger partial charge in [-0.15, -0.1) is 0 Å². The van der Waals surface area contributed by atoms with Gasteiger partial charge in [0.25, 0.3) is 23.6 Å². The molecule has 0 bridgehead atoms. The van der Waals surface area contributed by atoms with E-state index < -0.39 is 11.8 Å². The molecule has 0 saturated carbocycles. The number of rotatable bonds is 17. The van der Waals surface area contributed by atoms with Crippen LogP contribution in [0.1, 0.15) is 81.5 Å². The topological polar surface area (TPSA) is 207 Å². The second-order valence-corrected chi connectivity index (χ2v) is 14.9. The number of nitrogens with zero attached hydrogens (tertiary/aromatic N) is 6. The highest BCUT2D eigenvalue weighted by Gasteiger charge is 2.34. The van der Waals surface area contributed by atoms with Crippen molar-refractivity contribution in [2.45, 2.75) is 51.6 Å². The van der Waals surface area contributed by atoms with Crippen molar-refractivity contribution in [2.75, 3.05) is 49.3 Å². The Balaban J connectivity index is 0.974. The van der Waals surface area contributed by atoms with Gasteiger partial charge in [-0.05, 0) is 44.0 Å². The molecule has 18 heteroatoms. The fourth-order valence-electron chi connectivity index (χ4n) is 6.83. The number of ether oxygens (including phenoxy) is 2. The van der Waals surface area contributed by atoms with Crippen LogP contribution in [0.5, 0.6) is 11.5 Å². The summed E-state index contributed by atoms with van der Waals surface area (Å²) in [5, 5.41) is 14.5. The van der Waals surface area contributed by atoms with E-state index in [0.29, 0.717) is 71.8 Å². The lowest BCUT2D eigenvalue weighted by molar-refractivity contribution is -0.116. The number of hydrogen-bond donors (Lipinski definition) is 5. The Morgan fingerprint density at radius 2 is 1.56 bits per heavy atom. The Morgan fingerprint density at radius 3 is 2.25 bits per heavy atom. The summed E-state index contributed by atoms with van der Waals surface area (Å²) in [6.45, 7) is 10.1. The molecule has 6 rings (SSSR count). The summed E-state index contributed by atoms with van der Waals surface area (Å²) in [5.74, 6) is -0.695. The third-order valence-electron chi connectivity index (χ3n) is 9.79. The number of methoxy groups -OCH3 is 1. The van der Waals surface area contributed by atoms with Crippen LogP contribution in [-0.2, 0) is 25.9 Å². The average molecular weight is 810 g/mol. The molecule has 1 fully saturated rings. The number of anilines is 3. The number of nitrogens with one attached hydrogen (secondary N) is 5. The van der Waals surface area contributed by atoms with E-state index in [2.05, 4.69) is 57.0 Å². The van der Waals surface area contributed by atoms with E-state index in [4.69, 9.17) is 9.47 Å². The summed E-state index contributed by atoms with van der Waals surface area (Å²) < 4.78 is 16.2. The van der Waals surface area contributed by atoms with E-state index in [0.717, 1.165) is 18.5 Å².